The quantitative estimate of drug-likeness (QED) is 0.458. The molecule has 0 amide bonds. The first-order chi connectivity index (χ1) is 12.6. The Morgan fingerprint density at radius 1 is 1.11 bits per heavy atom. The lowest BCUT2D eigenvalue weighted by Gasteiger charge is -2.19. The molecule has 3 rings (SSSR count). The third-order valence-corrected chi connectivity index (χ3v) is 5.25. The van der Waals surface area contributed by atoms with Crippen LogP contribution < -0.4 is 0 Å². The van der Waals surface area contributed by atoms with Crippen LogP contribution in [0, 0.1) is 13.8 Å². The molecule has 0 aromatic heterocycles. The normalized spacial score (nSPS) is 17.0. The summed E-state index contributed by atoms with van der Waals surface area (Å²) in [5.41, 5.74) is 6.82. The average molecular weight is 391 g/mol. The van der Waals surface area contributed by atoms with Crippen molar-refractivity contribution in [3.63, 3.8) is 0 Å². The summed E-state index contributed by atoms with van der Waals surface area (Å²) in [6.07, 6.45) is 1.06. The Bertz CT molecular complexity index is 921. The highest BCUT2D eigenvalue weighted by Gasteiger charge is 2.36. The first kappa shape index (κ1) is 21.1. The van der Waals surface area contributed by atoms with Crippen molar-refractivity contribution in [2.45, 2.75) is 26.3 Å². The molecule has 2 aromatic carbocycles. The van der Waals surface area contributed by atoms with E-state index >= 15 is 0 Å². The molecule has 2 aromatic rings. The van der Waals surface area contributed by atoms with E-state index in [2.05, 4.69) is 90.4 Å². The van der Waals surface area contributed by atoms with E-state index in [1.165, 1.54) is 28.0 Å². The first-order valence-corrected chi connectivity index (χ1v) is 9.93. The summed E-state index contributed by atoms with van der Waals surface area (Å²) in [6.45, 7) is 4.34. The number of aryl methyl sites for hydroxylation is 2. The number of hydrazine groups is 1. The Labute approximate surface area is 161 Å². The van der Waals surface area contributed by atoms with Crippen LogP contribution >= 0.6 is 0 Å². The second-order valence-electron chi connectivity index (χ2n) is 6.56. The summed E-state index contributed by atoms with van der Waals surface area (Å²) in [6, 6.07) is 18.0. The van der Waals surface area contributed by atoms with Gasteiger partial charge < -0.3 is 4.55 Å². The maximum Gasteiger partial charge on any atom is 0.217 e. The Kier molecular flexibility index (Phi) is 6.75. The van der Waals surface area contributed by atoms with E-state index < -0.39 is 10.4 Å². The Morgan fingerprint density at radius 3 is 2.19 bits per heavy atom. The number of hydrogen-bond acceptors (Lipinski definition) is 5. The van der Waals surface area contributed by atoms with Crippen molar-refractivity contribution >= 4 is 16.1 Å². The Balaban J connectivity index is 0.000000380. The molecule has 1 aliphatic heterocycles. The largest absolute Gasteiger partial charge is 0.726 e. The summed E-state index contributed by atoms with van der Waals surface area (Å²) >= 11 is 0. The molecule has 0 fully saturated rings. The fourth-order valence-electron chi connectivity index (χ4n) is 3.17. The molecule has 0 radical (unpaired) electrons. The number of nitrogens with zero attached hydrogens (tertiary/aromatic N) is 2. The fourth-order valence-corrected chi connectivity index (χ4v) is 3.17. The zero-order valence-electron chi connectivity index (χ0n) is 16.3. The number of hydrazone groups is 1. The molecule has 0 aliphatic carbocycles. The molecule has 146 valence electrons. The van der Waals surface area contributed by atoms with Crippen LogP contribution in [-0.2, 0) is 14.6 Å². The molecule has 1 aliphatic rings. The van der Waals surface area contributed by atoms with Gasteiger partial charge in [0, 0.05) is 5.56 Å². The summed E-state index contributed by atoms with van der Waals surface area (Å²) < 4.78 is 33.3. The average Bonchev–Trinajstić information content (AvgIpc) is 2.92. The van der Waals surface area contributed by atoms with Crippen LogP contribution in [0.25, 0.3) is 0 Å². The third-order valence-electron chi connectivity index (χ3n) is 4.84. The lowest BCUT2D eigenvalue weighted by Crippen LogP contribution is -2.27. The monoisotopic (exact) mass is 390 g/mol. The van der Waals surface area contributed by atoms with Crippen molar-refractivity contribution in [1.29, 1.82) is 0 Å². The van der Waals surface area contributed by atoms with Gasteiger partial charge in [-0.2, -0.15) is 5.01 Å². The standard InChI is InChI=1S/C19H23N2.CH4O4S/c1-14-9-11-16(12-10-14)18-13-19(21(4)20(18)3)17-8-6-5-7-15(17)2;1-5-6(2,3)4/h5-12,19H,13H2,1-4H3;1H3,(H,2,3,4)/q+1;/p-1. The zero-order valence-corrected chi connectivity index (χ0v) is 17.2. The highest BCUT2D eigenvalue weighted by molar-refractivity contribution is 7.80. The van der Waals surface area contributed by atoms with E-state index in [4.69, 9.17) is 0 Å². The fraction of sp³-hybridized carbons (Fsp3) is 0.350. The van der Waals surface area contributed by atoms with Crippen molar-refractivity contribution in [3.8, 4) is 0 Å². The summed E-state index contributed by atoms with van der Waals surface area (Å²) in [5.74, 6) is 0. The lowest BCUT2D eigenvalue weighted by molar-refractivity contribution is -0.660. The van der Waals surface area contributed by atoms with Crippen LogP contribution in [-0.4, -0.2) is 49.6 Å². The molecule has 1 unspecified atom stereocenters. The van der Waals surface area contributed by atoms with Gasteiger partial charge in [0.05, 0.1) is 20.6 Å². The van der Waals surface area contributed by atoms with Crippen molar-refractivity contribution < 1.29 is 21.8 Å². The number of benzene rings is 2. The van der Waals surface area contributed by atoms with Crippen LogP contribution in [0.1, 0.15) is 34.7 Å². The zero-order chi connectivity index (χ0) is 20.2. The van der Waals surface area contributed by atoms with Gasteiger partial charge in [0.25, 0.3) is 0 Å². The second kappa shape index (κ2) is 8.65. The van der Waals surface area contributed by atoms with Gasteiger partial charge in [-0.15, -0.1) is 4.68 Å². The molecule has 27 heavy (non-hydrogen) atoms. The van der Waals surface area contributed by atoms with E-state index in [1.54, 1.807) is 0 Å². The smallest absolute Gasteiger partial charge is 0.217 e. The van der Waals surface area contributed by atoms with E-state index in [-0.39, 0.29) is 0 Å². The molecule has 6 nitrogen and oxygen atoms in total. The highest BCUT2D eigenvalue weighted by atomic mass is 32.3. The van der Waals surface area contributed by atoms with Gasteiger partial charge in [-0.05, 0) is 37.1 Å². The molecule has 1 atom stereocenters. The van der Waals surface area contributed by atoms with Gasteiger partial charge in [-0.1, -0.05) is 42.0 Å². The highest BCUT2D eigenvalue weighted by Crippen LogP contribution is 2.32. The van der Waals surface area contributed by atoms with E-state index in [1.807, 2.05) is 0 Å². The van der Waals surface area contributed by atoms with Gasteiger partial charge in [-0.25, -0.2) is 8.42 Å². The maximum absolute atomic E-state index is 9.22. The van der Waals surface area contributed by atoms with Crippen LogP contribution in [0.3, 0.4) is 0 Å². The van der Waals surface area contributed by atoms with Gasteiger partial charge in [0.1, 0.15) is 6.04 Å². The Morgan fingerprint density at radius 2 is 1.67 bits per heavy atom. The van der Waals surface area contributed by atoms with Crippen molar-refractivity contribution in [2.75, 3.05) is 21.2 Å². The van der Waals surface area contributed by atoms with Gasteiger partial charge in [0.15, 0.2) is 7.05 Å². The molecular weight excluding hydrogens is 364 g/mol. The van der Waals surface area contributed by atoms with Crippen LogP contribution in [0.15, 0.2) is 48.5 Å². The molecule has 0 saturated carbocycles. The van der Waals surface area contributed by atoms with Gasteiger partial charge in [0.2, 0.25) is 16.1 Å². The Hall–Kier alpha value is -2.22. The minimum Gasteiger partial charge on any atom is -0.726 e. The van der Waals surface area contributed by atoms with E-state index in [0.29, 0.717) is 6.04 Å². The predicted octanol–water partition coefficient (Wildman–Crippen LogP) is 2.82. The maximum atomic E-state index is 9.22. The second-order valence-corrected chi connectivity index (χ2v) is 7.71. The molecule has 1 heterocycles. The molecule has 0 bridgehead atoms. The van der Waals surface area contributed by atoms with Crippen LogP contribution in [0.4, 0.5) is 0 Å². The minimum atomic E-state index is -4.41. The summed E-state index contributed by atoms with van der Waals surface area (Å²) in [4.78, 5) is 0. The SMILES string of the molecule is COS(=O)(=O)[O-].Cc1ccc(C2=[N+](C)N(C)C(c3ccccc3C)C2)cc1. The van der Waals surface area contributed by atoms with Crippen molar-refractivity contribution in [1.82, 2.24) is 5.01 Å². The number of rotatable bonds is 3. The topological polar surface area (TPSA) is 72.7 Å². The minimum absolute atomic E-state index is 0.424. The van der Waals surface area contributed by atoms with Gasteiger partial charge in [-0.3, -0.25) is 4.18 Å². The molecule has 0 spiro atoms. The van der Waals surface area contributed by atoms with Crippen LogP contribution in [0.2, 0.25) is 0 Å². The van der Waals surface area contributed by atoms with Crippen molar-refractivity contribution in [3.05, 3.63) is 70.8 Å². The first-order valence-electron chi connectivity index (χ1n) is 8.60. The number of hydrogen-bond donors (Lipinski definition) is 0. The summed E-state index contributed by atoms with van der Waals surface area (Å²) in [7, 11) is 0.735. The van der Waals surface area contributed by atoms with Crippen molar-refractivity contribution in [2.24, 2.45) is 0 Å². The predicted molar refractivity (Wildman–Crippen MR) is 104 cm³/mol. The summed E-state index contributed by atoms with van der Waals surface area (Å²) in [5, 5.41) is 2.34. The molecule has 0 saturated heterocycles. The third kappa shape index (κ3) is 5.38. The van der Waals surface area contributed by atoms with Crippen LogP contribution in [0.5, 0.6) is 0 Å². The molecular formula is C20H26N2O4S. The molecule has 7 heteroatoms. The van der Waals surface area contributed by atoms with E-state index in [9.17, 15) is 13.0 Å². The molecule has 0 N–H and O–H groups in total. The lowest BCUT2D eigenvalue weighted by atomic mass is 9.95. The van der Waals surface area contributed by atoms with Gasteiger partial charge >= 0.3 is 0 Å². The van der Waals surface area contributed by atoms with E-state index in [0.717, 1.165) is 13.5 Å².